The van der Waals surface area contributed by atoms with Crippen molar-refractivity contribution < 1.29 is 0 Å². The molecule has 0 fully saturated rings. The van der Waals surface area contributed by atoms with Crippen LogP contribution < -0.4 is 5.32 Å². The van der Waals surface area contributed by atoms with Gasteiger partial charge in [-0.25, -0.2) is 0 Å². The molecule has 1 aromatic carbocycles. The molecule has 1 aromatic heterocycles. The van der Waals surface area contributed by atoms with Crippen LogP contribution in [0.15, 0.2) is 47.2 Å². The fourth-order valence-corrected chi connectivity index (χ4v) is 2.95. The SMILES string of the molecule is CC(C)CNCC(Cc1ccsc1)c1ccccc1. The van der Waals surface area contributed by atoms with Gasteiger partial charge in [-0.3, -0.25) is 0 Å². The highest BCUT2D eigenvalue weighted by atomic mass is 32.1. The van der Waals surface area contributed by atoms with Crippen LogP contribution in [0.2, 0.25) is 0 Å². The summed E-state index contributed by atoms with van der Waals surface area (Å²) in [6.45, 7) is 6.65. The molecular weight excluding hydrogens is 250 g/mol. The normalized spacial score (nSPS) is 12.8. The van der Waals surface area contributed by atoms with E-state index in [1.54, 1.807) is 11.3 Å². The molecule has 0 spiro atoms. The van der Waals surface area contributed by atoms with E-state index >= 15 is 0 Å². The van der Waals surface area contributed by atoms with Gasteiger partial charge in [-0.1, -0.05) is 44.2 Å². The Labute approximate surface area is 120 Å². The Kier molecular flexibility index (Phi) is 5.62. The van der Waals surface area contributed by atoms with Gasteiger partial charge in [-0.2, -0.15) is 11.3 Å². The summed E-state index contributed by atoms with van der Waals surface area (Å²) in [4.78, 5) is 0. The van der Waals surface area contributed by atoms with E-state index in [1.165, 1.54) is 11.1 Å². The van der Waals surface area contributed by atoms with Gasteiger partial charge in [0.25, 0.3) is 0 Å². The van der Waals surface area contributed by atoms with E-state index in [-0.39, 0.29) is 0 Å². The van der Waals surface area contributed by atoms with E-state index < -0.39 is 0 Å². The summed E-state index contributed by atoms with van der Waals surface area (Å²) >= 11 is 1.79. The van der Waals surface area contributed by atoms with Crippen LogP contribution in [0.4, 0.5) is 0 Å². The smallest absolute Gasteiger partial charge is 0.00234 e. The van der Waals surface area contributed by atoms with Crippen LogP contribution in [-0.4, -0.2) is 13.1 Å². The minimum Gasteiger partial charge on any atom is -0.316 e. The van der Waals surface area contributed by atoms with Crippen LogP contribution in [0.25, 0.3) is 0 Å². The van der Waals surface area contributed by atoms with E-state index in [2.05, 4.69) is 66.3 Å². The molecule has 0 aliphatic rings. The van der Waals surface area contributed by atoms with Crippen LogP contribution in [-0.2, 0) is 6.42 Å². The van der Waals surface area contributed by atoms with Crippen molar-refractivity contribution in [3.8, 4) is 0 Å². The van der Waals surface area contributed by atoms with Crippen molar-refractivity contribution >= 4 is 11.3 Å². The Bertz CT molecular complexity index is 447. The van der Waals surface area contributed by atoms with Crippen molar-refractivity contribution in [1.29, 1.82) is 0 Å². The molecule has 1 unspecified atom stereocenters. The van der Waals surface area contributed by atoms with Gasteiger partial charge in [0.2, 0.25) is 0 Å². The van der Waals surface area contributed by atoms with Crippen LogP contribution in [0.5, 0.6) is 0 Å². The quantitative estimate of drug-likeness (QED) is 0.792. The van der Waals surface area contributed by atoms with Crippen molar-refractivity contribution in [3.63, 3.8) is 0 Å². The third kappa shape index (κ3) is 4.81. The fourth-order valence-electron chi connectivity index (χ4n) is 2.27. The summed E-state index contributed by atoms with van der Waals surface area (Å²) in [6, 6.07) is 13.1. The number of benzene rings is 1. The van der Waals surface area contributed by atoms with Crippen molar-refractivity contribution in [2.45, 2.75) is 26.2 Å². The molecule has 1 heterocycles. The van der Waals surface area contributed by atoms with E-state index in [0.29, 0.717) is 11.8 Å². The number of hydrogen-bond acceptors (Lipinski definition) is 2. The van der Waals surface area contributed by atoms with E-state index in [0.717, 1.165) is 19.5 Å². The maximum atomic E-state index is 3.60. The molecule has 0 radical (unpaired) electrons. The summed E-state index contributed by atoms with van der Waals surface area (Å²) in [7, 11) is 0. The summed E-state index contributed by atoms with van der Waals surface area (Å²) in [6.07, 6.45) is 1.12. The average molecular weight is 273 g/mol. The maximum absolute atomic E-state index is 3.60. The van der Waals surface area contributed by atoms with Gasteiger partial charge >= 0.3 is 0 Å². The summed E-state index contributed by atoms with van der Waals surface area (Å²) in [5.74, 6) is 1.27. The third-order valence-electron chi connectivity index (χ3n) is 3.28. The fraction of sp³-hybridized carbons (Fsp3) is 0.412. The highest BCUT2D eigenvalue weighted by Crippen LogP contribution is 2.21. The third-order valence-corrected chi connectivity index (χ3v) is 4.01. The van der Waals surface area contributed by atoms with Crippen molar-refractivity contribution in [1.82, 2.24) is 5.32 Å². The molecule has 1 nitrogen and oxygen atoms in total. The first-order chi connectivity index (χ1) is 9.25. The molecule has 1 atom stereocenters. The first-order valence-electron chi connectivity index (χ1n) is 7.02. The zero-order valence-electron chi connectivity index (χ0n) is 11.8. The van der Waals surface area contributed by atoms with Gasteiger partial charge in [-0.15, -0.1) is 0 Å². The second-order valence-electron chi connectivity index (χ2n) is 5.50. The van der Waals surface area contributed by atoms with Crippen molar-refractivity contribution in [3.05, 3.63) is 58.3 Å². The number of nitrogens with one attached hydrogen (secondary N) is 1. The zero-order valence-corrected chi connectivity index (χ0v) is 12.6. The maximum Gasteiger partial charge on any atom is 0.00234 e. The molecule has 2 aromatic rings. The first-order valence-corrected chi connectivity index (χ1v) is 7.96. The lowest BCUT2D eigenvalue weighted by molar-refractivity contribution is 0.514. The molecule has 0 amide bonds. The second kappa shape index (κ2) is 7.46. The Balaban J connectivity index is 2.00. The second-order valence-corrected chi connectivity index (χ2v) is 6.28. The summed E-state index contributed by atoms with van der Waals surface area (Å²) in [5, 5.41) is 8.03. The van der Waals surface area contributed by atoms with Gasteiger partial charge in [0.1, 0.15) is 0 Å². The highest BCUT2D eigenvalue weighted by molar-refractivity contribution is 7.07. The van der Waals surface area contributed by atoms with Gasteiger partial charge < -0.3 is 5.32 Å². The minimum absolute atomic E-state index is 0.564. The monoisotopic (exact) mass is 273 g/mol. The number of thiophene rings is 1. The Hall–Kier alpha value is -1.12. The number of rotatable bonds is 7. The van der Waals surface area contributed by atoms with Gasteiger partial charge in [0.15, 0.2) is 0 Å². The molecule has 0 aliphatic carbocycles. The Morgan fingerprint density at radius 2 is 1.84 bits per heavy atom. The highest BCUT2D eigenvalue weighted by Gasteiger charge is 2.12. The molecule has 1 N–H and O–H groups in total. The van der Waals surface area contributed by atoms with E-state index in [9.17, 15) is 0 Å². The molecule has 19 heavy (non-hydrogen) atoms. The summed E-state index contributed by atoms with van der Waals surface area (Å²) < 4.78 is 0. The zero-order chi connectivity index (χ0) is 13.5. The predicted octanol–water partition coefficient (Wildman–Crippen LogP) is 4.32. The topological polar surface area (TPSA) is 12.0 Å². The molecule has 0 saturated heterocycles. The lowest BCUT2D eigenvalue weighted by Gasteiger charge is -2.18. The molecule has 0 bridgehead atoms. The van der Waals surface area contributed by atoms with E-state index in [1.807, 2.05) is 0 Å². The standard InChI is InChI=1S/C17H23NS/c1-14(2)11-18-12-17(10-15-8-9-19-13-15)16-6-4-3-5-7-16/h3-9,13-14,17-18H,10-12H2,1-2H3. The van der Waals surface area contributed by atoms with Crippen molar-refractivity contribution in [2.24, 2.45) is 5.92 Å². The van der Waals surface area contributed by atoms with Crippen LogP contribution in [0.3, 0.4) is 0 Å². The van der Waals surface area contributed by atoms with Gasteiger partial charge in [0, 0.05) is 12.5 Å². The largest absolute Gasteiger partial charge is 0.316 e. The molecule has 2 heteroatoms. The van der Waals surface area contributed by atoms with Crippen LogP contribution in [0.1, 0.15) is 30.9 Å². The van der Waals surface area contributed by atoms with E-state index in [4.69, 9.17) is 0 Å². The van der Waals surface area contributed by atoms with Crippen LogP contribution >= 0.6 is 11.3 Å². The van der Waals surface area contributed by atoms with Crippen LogP contribution in [0, 0.1) is 5.92 Å². The van der Waals surface area contributed by atoms with Gasteiger partial charge in [0.05, 0.1) is 0 Å². The molecular formula is C17H23NS. The minimum atomic E-state index is 0.564. The molecule has 0 saturated carbocycles. The predicted molar refractivity (Wildman–Crippen MR) is 84.9 cm³/mol. The van der Waals surface area contributed by atoms with Gasteiger partial charge in [-0.05, 0) is 46.8 Å². The Morgan fingerprint density at radius 1 is 1.05 bits per heavy atom. The Morgan fingerprint density at radius 3 is 2.47 bits per heavy atom. The number of hydrogen-bond donors (Lipinski definition) is 1. The summed E-state index contributed by atoms with van der Waals surface area (Å²) in [5.41, 5.74) is 2.88. The lowest BCUT2D eigenvalue weighted by atomic mass is 9.93. The molecule has 102 valence electrons. The lowest BCUT2D eigenvalue weighted by Crippen LogP contribution is -2.26. The molecule has 2 rings (SSSR count). The van der Waals surface area contributed by atoms with Crippen molar-refractivity contribution in [2.75, 3.05) is 13.1 Å². The average Bonchev–Trinajstić information content (AvgIpc) is 2.91. The first kappa shape index (κ1) is 14.3. The molecule has 0 aliphatic heterocycles.